The van der Waals surface area contributed by atoms with E-state index in [1.807, 2.05) is 0 Å². The average Bonchev–Trinajstić information content (AvgIpc) is 2.57. The minimum atomic E-state index is -5.96. The summed E-state index contributed by atoms with van der Waals surface area (Å²) in [6.45, 7) is 0. The highest BCUT2D eigenvalue weighted by molar-refractivity contribution is 7.87. The lowest BCUT2D eigenvalue weighted by Gasteiger charge is -2.13. The van der Waals surface area contributed by atoms with Crippen molar-refractivity contribution in [1.82, 2.24) is 5.06 Å². The summed E-state index contributed by atoms with van der Waals surface area (Å²) in [4.78, 5) is 21.5. The molecule has 1 N–H and O–H groups in total. The number of carbonyl (C=O) groups excluding carboxylic acids is 2. The van der Waals surface area contributed by atoms with Crippen molar-refractivity contribution in [2.75, 3.05) is 0 Å². The third-order valence-electron chi connectivity index (χ3n) is 1.75. The fourth-order valence-electron chi connectivity index (χ4n) is 0.780. The Bertz CT molecular complexity index is 661. The molecule has 136 valence electrons. The summed E-state index contributed by atoms with van der Waals surface area (Å²) in [7, 11) is -11.8. The van der Waals surface area contributed by atoms with Gasteiger partial charge in [0.15, 0.2) is 0 Å². The second-order valence-electron chi connectivity index (χ2n) is 3.48. The number of hydrogen-bond donors (Lipinski definition) is 1. The first-order valence-corrected chi connectivity index (χ1v) is 7.65. The molecule has 0 radical (unpaired) electrons. The standard InChI is InChI=1S/C5H4F3NO5S.CHF3O3S/c6-5(7,8)15(12,13)14-9-3(10)1-2-4(9)11;2-1(3,4)8(5,6)7/h1-2H2;(H,5,6,7). The summed E-state index contributed by atoms with van der Waals surface area (Å²) < 4.78 is 117. The maximum atomic E-state index is 11.8. The number of alkyl halides is 6. The molecule has 0 unspecified atom stereocenters. The van der Waals surface area contributed by atoms with Crippen molar-refractivity contribution in [3.8, 4) is 0 Å². The lowest BCUT2D eigenvalue weighted by molar-refractivity contribution is -0.166. The van der Waals surface area contributed by atoms with Crippen molar-refractivity contribution < 1.29 is 61.6 Å². The third-order valence-corrected chi connectivity index (χ3v) is 3.25. The smallest absolute Gasteiger partial charge is 0.279 e. The minimum Gasteiger partial charge on any atom is -0.279 e. The van der Waals surface area contributed by atoms with Crippen LogP contribution in [0.5, 0.6) is 0 Å². The Kier molecular flexibility index (Phi) is 6.16. The maximum absolute atomic E-state index is 11.8. The summed E-state index contributed by atoms with van der Waals surface area (Å²) in [5.41, 5.74) is -11.2. The van der Waals surface area contributed by atoms with E-state index in [0.29, 0.717) is 0 Å². The van der Waals surface area contributed by atoms with Crippen LogP contribution in [0.2, 0.25) is 0 Å². The molecule has 1 heterocycles. The van der Waals surface area contributed by atoms with Crippen LogP contribution in [0, 0.1) is 0 Å². The fraction of sp³-hybridized carbons (Fsp3) is 0.667. The second-order valence-corrected chi connectivity index (χ2v) is 6.41. The molecule has 1 saturated heterocycles. The van der Waals surface area contributed by atoms with Gasteiger partial charge in [-0.25, -0.2) is 0 Å². The van der Waals surface area contributed by atoms with Gasteiger partial charge >= 0.3 is 31.3 Å². The zero-order valence-corrected chi connectivity index (χ0v) is 11.9. The van der Waals surface area contributed by atoms with E-state index in [1.165, 1.54) is 0 Å². The maximum Gasteiger partial charge on any atom is 0.525 e. The van der Waals surface area contributed by atoms with E-state index in [9.17, 15) is 44.3 Å². The minimum absolute atomic E-state index is 0.369. The van der Waals surface area contributed by atoms with Gasteiger partial charge in [-0.15, -0.1) is 9.35 Å². The average molecular weight is 397 g/mol. The Balaban J connectivity index is 0.000000515. The van der Waals surface area contributed by atoms with Crippen LogP contribution in [-0.2, 0) is 34.1 Å². The zero-order chi connectivity index (χ0) is 18.9. The van der Waals surface area contributed by atoms with Gasteiger partial charge in [-0.3, -0.25) is 14.1 Å². The van der Waals surface area contributed by atoms with Gasteiger partial charge in [-0.2, -0.15) is 43.2 Å². The van der Waals surface area contributed by atoms with Crippen molar-refractivity contribution in [3.05, 3.63) is 0 Å². The van der Waals surface area contributed by atoms with Gasteiger partial charge in [0.25, 0.3) is 11.8 Å². The van der Waals surface area contributed by atoms with E-state index >= 15 is 0 Å². The molecule has 0 bridgehead atoms. The molecule has 2 amide bonds. The first-order chi connectivity index (χ1) is 9.90. The predicted molar refractivity (Wildman–Crippen MR) is 54.8 cm³/mol. The van der Waals surface area contributed by atoms with Crippen molar-refractivity contribution in [3.63, 3.8) is 0 Å². The summed E-state index contributed by atoms with van der Waals surface area (Å²) in [5.74, 6) is -2.24. The SMILES string of the molecule is O=C1CCC(=O)N1OS(=O)(=O)C(F)(F)F.O=S(=O)(O)C(F)(F)F. The molecule has 1 aliphatic heterocycles. The van der Waals surface area contributed by atoms with Crippen molar-refractivity contribution in [2.45, 2.75) is 23.9 Å². The van der Waals surface area contributed by atoms with Crippen LogP contribution < -0.4 is 0 Å². The van der Waals surface area contributed by atoms with Crippen molar-refractivity contribution >= 4 is 32.1 Å². The Morgan fingerprint density at radius 3 is 1.39 bits per heavy atom. The van der Waals surface area contributed by atoms with Crippen LogP contribution in [0.3, 0.4) is 0 Å². The Morgan fingerprint density at radius 2 is 1.17 bits per heavy atom. The molecule has 0 aliphatic carbocycles. The molecule has 1 fully saturated rings. The summed E-state index contributed by atoms with van der Waals surface area (Å²) >= 11 is 0. The van der Waals surface area contributed by atoms with Crippen LogP contribution in [0.1, 0.15) is 12.8 Å². The number of imide groups is 1. The Hall–Kier alpha value is -1.46. The van der Waals surface area contributed by atoms with E-state index < -0.39 is 43.1 Å². The monoisotopic (exact) mass is 397 g/mol. The first kappa shape index (κ1) is 21.5. The molecule has 17 heteroatoms. The number of amides is 2. The van der Waals surface area contributed by atoms with Gasteiger partial charge in [-0.1, -0.05) is 0 Å². The summed E-state index contributed by atoms with van der Waals surface area (Å²) in [6, 6.07) is 0. The number of rotatable bonds is 2. The van der Waals surface area contributed by atoms with Gasteiger partial charge in [-0.05, 0) is 0 Å². The zero-order valence-electron chi connectivity index (χ0n) is 10.3. The lowest BCUT2D eigenvalue weighted by atomic mass is 10.4. The van der Waals surface area contributed by atoms with Crippen molar-refractivity contribution in [2.24, 2.45) is 0 Å². The van der Waals surface area contributed by atoms with Crippen LogP contribution in [-0.4, -0.2) is 49.3 Å². The fourth-order valence-corrected chi connectivity index (χ4v) is 1.23. The first-order valence-electron chi connectivity index (χ1n) is 4.80. The second kappa shape index (κ2) is 6.57. The molecule has 0 atom stereocenters. The van der Waals surface area contributed by atoms with Crippen LogP contribution in [0.15, 0.2) is 0 Å². The van der Waals surface area contributed by atoms with E-state index in [4.69, 9.17) is 13.0 Å². The highest BCUT2D eigenvalue weighted by Gasteiger charge is 2.51. The van der Waals surface area contributed by atoms with E-state index in [2.05, 4.69) is 4.28 Å². The van der Waals surface area contributed by atoms with Crippen LogP contribution in [0.25, 0.3) is 0 Å². The molecule has 0 aromatic heterocycles. The molecule has 23 heavy (non-hydrogen) atoms. The van der Waals surface area contributed by atoms with E-state index in [-0.39, 0.29) is 17.9 Å². The normalized spacial score (nSPS) is 17.1. The van der Waals surface area contributed by atoms with Gasteiger partial charge < -0.3 is 0 Å². The van der Waals surface area contributed by atoms with Gasteiger partial charge in [0.05, 0.1) is 0 Å². The van der Waals surface area contributed by atoms with Gasteiger partial charge in [0.1, 0.15) is 0 Å². The van der Waals surface area contributed by atoms with E-state index in [0.717, 1.165) is 0 Å². The van der Waals surface area contributed by atoms with Gasteiger partial charge in [0.2, 0.25) is 0 Å². The Labute approximate surface area is 123 Å². The molecule has 0 spiro atoms. The van der Waals surface area contributed by atoms with Crippen LogP contribution in [0.4, 0.5) is 26.3 Å². The molecule has 1 rings (SSSR count). The Morgan fingerprint density at radius 1 is 0.870 bits per heavy atom. The summed E-state index contributed by atoms with van der Waals surface area (Å²) in [6.07, 6.45) is -0.738. The number of hydrogen-bond acceptors (Lipinski definition) is 7. The summed E-state index contributed by atoms with van der Waals surface area (Å²) in [5, 5.41) is -0.386. The van der Waals surface area contributed by atoms with Crippen LogP contribution >= 0.6 is 0 Å². The predicted octanol–water partition coefficient (Wildman–Crippen LogP) is 0.311. The number of nitrogens with zero attached hydrogens (tertiary/aromatic N) is 1. The van der Waals surface area contributed by atoms with Gasteiger partial charge in [0, 0.05) is 12.8 Å². The molecule has 9 nitrogen and oxygen atoms in total. The molecule has 1 aliphatic rings. The quantitative estimate of drug-likeness (QED) is 0.304. The topological polar surface area (TPSA) is 135 Å². The molecular formula is C6H5F6NO8S2. The number of carbonyl (C=O) groups is 2. The highest BCUT2D eigenvalue weighted by atomic mass is 32.2. The highest BCUT2D eigenvalue weighted by Crippen LogP contribution is 2.27. The third kappa shape index (κ3) is 5.92. The number of hydroxylamine groups is 2. The number of halogens is 6. The van der Waals surface area contributed by atoms with E-state index in [1.54, 1.807) is 0 Å². The van der Waals surface area contributed by atoms with Crippen molar-refractivity contribution in [1.29, 1.82) is 0 Å². The lowest BCUT2D eigenvalue weighted by Crippen LogP contribution is -2.37. The molecule has 0 aromatic rings. The molecular weight excluding hydrogens is 392 g/mol. The molecule has 0 aromatic carbocycles. The molecule has 0 saturated carbocycles. The largest absolute Gasteiger partial charge is 0.525 e.